The molecule has 0 saturated carbocycles. The highest BCUT2D eigenvalue weighted by atomic mass is 79.9. The van der Waals surface area contributed by atoms with Gasteiger partial charge in [-0.15, -0.1) is 0 Å². The number of aliphatic carboxylic acids is 1. The van der Waals surface area contributed by atoms with Crippen LogP contribution in [0, 0.1) is 11.3 Å². The molecule has 0 amide bonds. The Morgan fingerprint density at radius 2 is 2.21 bits per heavy atom. The third kappa shape index (κ3) is 3.07. The van der Waals surface area contributed by atoms with E-state index < -0.39 is 12.0 Å². The lowest BCUT2D eigenvalue weighted by Gasteiger charge is -2.29. The standard InChI is InChI=1S/C14H15BrN2O2/c15-11-5-6-12(10(8-11)9-16)17-7-3-1-2-4-13(17)14(18)19/h5-6,8,13H,1-4,7H2,(H,18,19). The molecule has 0 aromatic heterocycles. The van der Waals surface area contributed by atoms with Gasteiger partial charge in [0.05, 0.1) is 11.3 Å². The Balaban J connectivity index is 2.42. The van der Waals surface area contributed by atoms with Crippen LogP contribution in [0.25, 0.3) is 0 Å². The van der Waals surface area contributed by atoms with E-state index in [0.717, 1.165) is 29.4 Å². The van der Waals surface area contributed by atoms with E-state index in [1.54, 1.807) is 6.07 Å². The van der Waals surface area contributed by atoms with Crippen LogP contribution in [-0.4, -0.2) is 23.7 Å². The second-order valence-electron chi connectivity index (χ2n) is 4.67. The third-order valence-corrected chi connectivity index (χ3v) is 3.92. The van der Waals surface area contributed by atoms with Crippen molar-refractivity contribution < 1.29 is 9.90 Å². The molecule has 1 aromatic rings. The number of anilines is 1. The lowest BCUT2D eigenvalue weighted by Crippen LogP contribution is -2.41. The monoisotopic (exact) mass is 322 g/mol. The first kappa shape index (κ1) is 13.9. The number of nitrogens with zero attached hydrogens (tertiary/aromatic N) is 2. The van der Waals surface area contributed by atoms with Crippen LogP contribution in [0.4, 0.5) is 5.69 Å². The number of carboxylic acid groups (broad SMARTS) is 1. The fourth-order valence-corrected chi connectivity index (χ4v) is 2.86. The Morgan fingerprint density at radius 1 is 1.42 bits per heavy atom. The predicted octanol–water partition coefficient (Wildman–Crippen LogP) is 3.15. The fraction of sp³-hybridized carbons (Fsp3) is 0.429. The Labute approximate surface area is 120 Å². The maximum Gasteiger partial charge on any atom is 0.326 e. The van der Waals surface area contributed by atoms with E-state index in [2.05, 4.69) is 22.0 Å². The first-order valence-electron chi connectivity index (χ1n) is 6.32. The molecule has 1 saturated heterocycles. The molecule has 4 nitrogen and oxygen atoms in total. The summed E-state index contributed by atoms with van der Waals surface area (Å²) >= 11 is 3.33. The fourth-order valence-electron chi connectivity index (χ4n) is 2.50. The SMILES string of the molecule is N#Cc1cc(Br)ccc1N1CCCCCC1C(=O)O. The molecule has 0 bridgehead atoms. The first-order chi connectivity index (χ1) is 9.13. The first-order valence-corrected chi connectivity index (χ1v) is 7.12. The van der Waals surface area contributed by atoms with E-state index in [4.69, 9.17) is 0 Å². The quantitative estimate of drug-likeness (QED) is 0.908. The van der Waals surface area contributed by atoms with E-state index in [0.29, 0.717) is 18.5 Å². The zero-order chi connectivity index (χ0) is 13.8. The van der Waals surface area contributed by atoms with Gasteiger partial charge in [0.2, 0.25) is 0 Å². The largest absolute Gasteiger partial charge is 0.480 e. The van der Waals surface area contributed by atoms with Crippen LogP contribution in [0.5, 0.6) is 0 Å². The minimum atomic E-state index is -0.811. The van der Waals surface area contributed by atoms with Crippen LogP contribution in [0.2, 0.25) is 0 Å². The summed E-state index contributed by atoms with van der Waals surface area (Å²) in [5, 5.41) is 18.6. The lowest BCUT2D eigenvalue weighted by atomic mass is 10.1. The van der Waals surface area contributed by atoms with Gasteiger partial charge in [0.25, 0.3) is 0 Å². The summed E-state index contributed by atoms with van der Waals surface area (Å²) < 4.78 is 0.828. The molecule has 1 unspecified atom stereocenters. The van der Waals surface area contributed by atoms with Gasteiger partial charge in [-0.2, -0.15) is 5.26 Å². The number of hydrogen-bond acceptors (Lipinski definition) is 3. The molecule has 0 spiro atoms. The van der Waals surface area contributed by atoms with Crippen LogP contribution in [0.15, 0.2) is 22.7 Å². The Bertz CT molecular complexity index is 525. The minimum absolute atomic E-state index is 0.516. The van der Waals surface area contributed by atoms with Gasteiger partial charge in [-0.05, 0) is 31.0 Å². The van der Waals surface area contributed by atoms with Crippen molar-refractivity contribution in [2.45, 2.75) is 31.7 Å². The summed E-state index contributed by atoms with van der Waals surface area (Å²) in [6, 6.07) is 7.02. The number of benzene rings is 1. The molecule has 0 aliphatic carbocycles. The Hall–Kier alpha value is -1.54. The van der Waals surface area contributed by atoms with Gasteiger partial charge in [-0.1, -0.05) is 28.8 Å². The average molecular weight is 323 g/mol. The van der Waals surface area contributed by atoms with Crippen LogP contribution in [-0.2, 0) is 4.79 Å². The van der Waals surface area contributed by atoms with Crippen LogP contribution in [0.3, 0.4) is 0 Å². The Kier molecular flexibility index (Phi) is 4.43. The topological polar surface area (TPSA) is 64.3 Å². The van der Waals surface area contributed by atoms with Crippen molar-refractivity contribution in [2.75, 3.05) is 11.4 Å². The molecular formula is C14H15BrN2O2. The molecular weight excluding hydrogens is 308 g/mol. The zero-order valence-electron chi connectivity index (χ0n) is 10.5. The molecule has 0 radical (unpaired) electrons. The highest BCUT2D eigenvalue weighted by Gasteiger charge is 2.28. The summed E-state index contributed by atoms with van der Waals surface area (Å²) in [6.45, 7) is 0.688. The third-order valence-electron chi connectivity index (χ3n) is 3.43. The van der Waals surface area contributed by atoms with Crippen molar-refractivity contribution in [3.8, 4) is 6.07 Å². The van der Waals surface area contributed by atoms with Gasteiger partial charge < -0.3 is 10.0 Å². The van der Waals surface area contributed by atoms with Crippen molar-refractivity contribution in [2.24, 2.45) is 0 Å². The zero-order valence-corrected chi connectivity index (χ0v) is 12.1. The highest BCUT2D eigenvalue weighted by Crippen LogP contribution is 2.29. The number of hydrogen-bond donors (Lipinski definition) is 1. The maximum absolute atomic E-state index is 11.4. The van der Waals surface area contributed by atoms with Crippen molar-refractivity contribution >= 4 is 27.6 Å². The summed E-state index contributed by atoms with van der Waals surface area (Å²) in [7, 11) is 0. The molecule has 1 aliphatic heterocycles. The van der Waals surface area contributed by atoms with E-state index in [1.165, 1.54) is 0 Å². The minimum Gasteiger partial charge on any atom is -0.480 e. The lowest BCUT2D eigenvalue weighted by molar-refractivity contribution is -0.138. The van der Waals surface area contributed by atoms with E-state index in [1.807, 2.05) is 17.0 Å². The van der Waals surface area contributed by atoms with Gasteiger partial charge in [-0.3, -0.25) is 0 Å². The molecule has 1 aliphatic rings. The smallest absolute Gasteiger partial charge is 0.326 e. The second kappa shape index (κ2) is 6.07. The van der Waals surface area contributed by atoms with Crippen LogP contribution in [0.1, 0.15) is 31.2 Å². The van der Waals surface area contributed by atoms with E-state index >= 15 is 0 Å². The molecule has 1 N–H and O–H groups in total. The van der Waals surface area contributed by atoms with Gasteiger partial charge in [-0.25, -0.2) is 4.79 Å². The molecule has 1 atom stereocenters. The second-order valence-corrected chi connectivity index (χ2v) is 5.59. The number of carboxylic acids is 1. The Morgan fingerprint density at radius 3 is 2.89 bits per heavy atom. The highest BCUT2D eigenvalue weighted by molar-refractivity contribution is 9.10. The van der Waals surface area contributed by atoms with Crippen LogP contribution < -0.4 is 4.90 Å². The van der Waals surface area contributed by atoms with Crippen molar-refractivity contribution in [3.63, 3.8) is 0 Å². The predicted molar refractivity (Wildman–Crippen MR) is 76.1 cm³/mol. The summed E-state index contributed by atoms with van der Waals surface area (Å²) in [4.78, 5) is 13.3. The van der Waals surface area contributed by atoms with Gasteiger partial charge in [0, 0.05) is 11.0 Å². The molecule has 100 valence electrons. The van der Waals surface area contributed by atoms with Crippen LogP contribution >= 0.6 is 15.9 Å². The molecule has 1 heterocycles. The van der Waals surface area contributed by atoms with Crippen molar-refractivity contribution in [1.82, 2.24) is 0 Å². The molecule has 5 heteroatoms. The molecule has 19 heavy (non-hydrogen) atoms. The number of nitriles is 1. The van der Waals surface area contributed by atoms with Gasteiger partial charge in [0.15, 0.2) is 0 Å². The molecule has 1 fully saturated rings. The number of carbonyl (C=O) groups is 1. The summed E-state index contributed by atoms with van der Waals surface area (Å²) in [6.07, 6.45) is 3.56. The number of rotatable bonds is 2. The van der Waals surface area contributed by atoms with E-state index in [9.17, 15) is 15.2 Å². The van der Waals surface area contributed by atoms with Crippen molar-refractivity contribution in [1.29, 1.82) is 5.26 Å². The normalized spacial score (nSPS) is 19.6. The van der Waals surface area contributed by atoms with E-state index in [-0.39, 0.29) is 0 Å². The molecule has 2 rings (SSSR count). The maximum atomic E-state index is 11.4. The molecule has 1 aromatic carbocycles. The van der Waals surface area contributed by atoms with Gasteiger partial charge >= 0.3 is 5.97 Å². The van der Waals surface area contributed by atoms with Crippen molar-refractivity contribution in [3.05, 3.63) is 28.2 Å². The van der Waals surface area contributed by atoms with Gasteiger partial charge in [0.1, 0.15) is 12.1 Å². The average Bonchev–Trinajstić information content (AvgIpc) is 2.64. The summed E-state index contributed by atoms with van der Waals surface area (Å²) in [5.74, 6) is -0.811. The number of halogens is 1. The summed E-state index contributed by atoms with van der Waals surface area (Å²) in [5.41, 5.74) is 1.24.